The van der Waals surface area contributed by atoms with E-state index in [-0.39, 0.29) is 11.8 Å². The SMILES string of the molecule is CC(CN(C)Cc1ccc(C(F)(F)F)cc1)C(N)=NO. The van der Waals surface area contributed by atoms with Crippen LogP contribution >= 0.6 is 0 Å². The first-order valence-corrected chi connectivity index (χ1v) is 6.06. The number of nitrogens with zero attached hydrogens (tertiary/aromatic N) is 2. The van der Waals surface area contributed by atoms with Crippen LogP contribution in [0.2, 0.25) is 0 Å². The summed E-state index contributed by atoms with van der Waals surface area (Å²) in [6.07, 6.45) is -4.31. The molecule has 4 nitrogen and oxygen atoms in total. The van der Waals surface area contributed by atoms with Crippen molar-refractivity contribution >= 4 is 5.84 Å². The zero-order valence-corrected chi connectivity index (χ0v) is 11.4. The molecule has 20 heavy (non-hydrogen) atoms. The summed E-state index contributed by atoms with van der Waals surface area (Å²) in [4.78, 5) is 1.89. The Morgan fingerprint density at radius 3 is 2.35 bits per heavy atom. The Morgan fingerprint density at radius 1 is 1.35 bits per heavy atom. The van der Waals surface area contributed by atoms with Crippen molar-refractivity contribution in [3.8, 4) is 0 Å². The van der Waals surface area contributed by atoms with Gasteiger partial charge >= 0.3 is 6.18 Å². The number of amidine groups is 1. The minimum Gasteiger partial charge on any atom is -0.409 e. The molecule has 112 valence electrons. The molecule has 0 aliphatic heterocycles. The summed E-state index contributed by atoms with van der Waals surface area (Å²) in [5.41, 5.74) is 5.59. The summed E-state index contributed by atoms with van der Waals surface area (Å²) in [6, 6.07) is 5.03. The summed E-state index contributed by atoms with van der Waals surface area (Å²) in [5.74, 6) is -0.0104. The second-order valence-electron chi connectivity index (χ2n) is 4.82. The highest BCUT2D eigenvalue weighted by Crippen LogP contribution is 2.29. The molecule has 0 spiro atoms. The molecule has 0 saturated carbocycles. The van der Waals surface area contributed by atoms with Gasteiger partial charge in [-0.15, -0.1) is 0 Å². The van der Waals surface area contributed by atoms with Gasteiger partial charge in [0, 0.05) is 19.0 Å². The minimum atomic E-state index is -4.31. The van der Waals surface area contributed by atoms with Crippen LogP contribution in [0.1, 0.15) is 18.1 Å². The maximum atomic E-state index is 12.4. The fourth-order valence-corrected chi connectivity index (χ4v) is 1.83. The van der Waals surface area contributed by atoms with Crippen molar-refractivity contribution in [1.29, 1.82) is 0 Å². The van der Waals surface area contributed by atoms with Crippen LogP contribution in [0.5, 0.6) is 0 Å². The molecule has 0 aliphatic rings. The van der Waals surface area contributed by atoms with Crippen molar-refractivity contribution in [2.75, 3.05) is 13.6 Å². The first-order valence-electron chi connectivity index (χ1n) is 6.06. The van der Waals surface area contributed by atoms with Crippen LogP contribution in [0.4, 0.5) is 13.2 Å². The van der Waals surface area contributed by atoms with Gasteiger partial charge in [0.2, 0.25) is 0 Å². The topological polar surface area (TPSA) is 61.8 Å². The van der Waals surface area contributed by atoms with E-state index in [1.54, 1.807) is 6.92 Å². The van der Waals surface area contributed by atoms with Crippen LogP contribution in [0.15, 0.2) is 29.4 Å². The molecule has 0 fully saturated rings. The largest absolute Gasteiger partial charge is 0.416 e. The number of halogens is 3. The number of nitrogens with two attached hydrogens (primary N) is 1. The lowest BCUT2D eigenvalue weighted by Gasteiger charge is -2.20. The van der Waals surface area contributed by atoms with Crippen LogP contribution < -0.4 is 5.73 Å². The van der Waals surface area contributed by atoms with Gasteiger partial charge in [0.15, 0.2) is 0 Å². The smallest absolute Gasteiger partial charge is 0.409 e. The van der Waals surface area contributed by atoms with Crippen molar-refractivity contribution in [2.24, 2.45) is 16.8 Å². The Balaban J connectivity index is 2.61. The number of rotatable bonds is 5. The Hall–Kier alpha value is -1.76. The molecule has 0 amide bonds. The van der Waals surface area contributed by atoms with Gasteiger partial charge in [-0.3, -0.25) is 0 Å². The van der Waals surface area contributed by atoms with Crippen LogP contribution in [0.25, 0.3) is 0 Å². The Kier molecular flexibility index (Phi) is 5.38. The molecule has 3 N–H and O–H groups in total. The predicted octanol–water partition coefficient (Wildman–Crippen LogP) is 2.52. The normalized spacial score (nSPS) is 14.6. The molecule has 0 radical (unpaired) electrons. The van der Waals surface area contributed by atoms with Gasteiger partial charge in [-0.2, -0.15) is 13.2 Å². The van der Waals surface area contributed by atoms with E-state index in [4.69, 9.17) is 10.9 Å². The quantitative estimate of drug-likeness (QED) is 0.379. The number of benzene rings is 1. The van der Waals surface area contributed by atoms with Gasteiger partial charge in [0.05, 0.1) is 5.56 Å². The summed E-state index contributed by atoms with van der Waals surface area (Å²) in [7, 11) is 1.82. The van der Waals surface area contributed by atoms with E-state index in [1.807, 2.05) is 11.9 Å². The molecule has 0 aliphatic carbocycles. The summed E-state index contributed by atoms with van der Waals surface area (Å²) in [5, 5.41) is 11.5. The Morgan fingerprint density at radius 2 is 1.90 bits per heavy atom. The van der Waals surface area contributed by atoms with Crippen LogP contribution in [0, 0.1) is 5.92 Å². The average Bonchev–Trinajstić information content (AvgIpc) is 2.37. The molecule has 0 aromatic heterocycles. The summed E-state index contributed by atoms with van der Waals surface area (Å²) < 4.78 is 37.3. The van der Waals surface area contributed by atoms with Crippen molar-refractivity contribution in [2.45, 2.75) is 19.6 Å². The average molecular weight is 289 g/mol. The van der Waals surface area contributed by atoms with E-state index in [9.17, 15) is 13.2 Å². The second kappa shape index (κ2) is 6.60. The number of hydrogen-bond donors (Lipinski definition) is 2. The third-order valence-corrected chi connectivity index (χ3v) is 2.94. The molecule has 0 saturated heterocycles. The minimum absolute atomic E-state index is 0.129. The van der Waals surface area contributed by atoms with Gasteiger partial charge in [-0.25, -0.2) is 0 Å². The molecular weight excluding hydrogens is 271 g/mol. The standard InChI is InChI=1S/C13H18F3N3O/c1-9(12(17)18-20)7-19(2)8-10-3-5-11(6-4-10)13(14,15)16/h3-6,9,20H,7-8H2,1-2H3,(H2,17,18). The summed E-state index contributed by atoms with van der Waals surface area (Å²) >= 11 is 0. The van der Waals surface area contributed by atoms with Crippen LogP contribution in [0.3, 0.4) is 0 Å². The first kappa shape index (κ1) is 16.3. The fraction of sp³-hybridized carbons (Fsp3) is 0.462. The predicted molar refractivity (Wildman–Crippen MR) is 70.4 cm³/mol. The Labute approximate surface area is 115 Å². The molecule has 1 rings (SSSR count). The molecule has 0 bridgehead atoms. The first-order chi connectivity index (χ1) is 9.24. The summed E-state index contributed by atoms with van der Waals surface area (Å²) in [6.45, 7) is 2.83. The zero-order valence-electron chi connectivity index (χ0n) is 11.4. The second-order valence-corrected chi connectivity index (χ2v) is 4.82. The lowest BCUT2D eigenvalue weighted by Crippen LogP contribution is -2.32. The van der Waals surface area contributed by atoms with Gasteiger partial charge < -0.3 is 15.8 Å². The third kappa shape index (κ3) is 4.73. The van der Waals surface area contributed by atoms with E-state index < -0.39 is 11.7 Å². The lowest BCUT2D eigenvalue weighted by atomic mass is 10.1. The van der Waals surface area contributed by atoms with E-state index in [0.29, 0.717) is 13.1 Å². The van der Waals surface area contributed by atoms with Gasteiger partial charge in [-0.05, 0) is 24.7 Å². The maximum Gasteiger partial charge on any atom is 0.416 e. The van der Waals surface area contributed by atoms with Gasteiger partial charge in [0.25, 0.3) is 0 Å². The lowest BCUT2D eigenvalue weighted by molar-refractivity contribution is -0.137. The molecule has 1 aromatic carbocycles. The van der Waals surface area contributed by atoms with Crippen molar-refractivity contribution in [1.82, 2.24) is 4.90 Å². The number of alkyl halides is 3. The highest BCUT2D eigenvalue weighted by Gasteiger charge is 2.29. The molecule has 7 heteroatoms. The third-order valence-electron chi connectivity index (χ3n) is 2.94. The highest BCUT2D eigenvalue weighted by atomic mass is 19.4. The van der Waals surface area contributed by atoms with E-state index in [0.717, 1.165) is 17.7 Å². The Bertz CT molecular complexity index is 457. The van der Waals surface area contributed by atoms with E-state index in [1.165, 1.54) is 12.1 Å². The molecule has 0 heterocycles. The molecular formula is C13H18F3N3O. The zero-order chi connectivity index (χ0) is 15.3. The molecule has 1 atom stereocenters. The van der Waals surface area contributed by atoms with Crippen LogP contribution in [-0.2, 0) is 12.7 Å². The highest BCUT2D eigenvalue weighted by molar-refractivity contribution is 5.82. The van der Waals surface area contributed by atoms with Crippen molar-refractivity contribution < 1.29 is 18.4 Å². The monoisotopic (exact) mass is 289 g/mol. The number of oxime groups is 1. The molecule has 1 unspecified atom stereocenters. The van der Waals surface area contributed by atoms with Gasteiger partial charge in [0.1, 0.15) is 5.84 Å². The number of hydrogen-bond acceptors (Lipinski definition) is 3. The van der Waals surface area contributed by atoms with Gasteiger partial charge in [-0.1, -0.05) is 24.2 Å². The van der Waals surface area contributed by atoms with Crippen molar-refractivity contribution in [3.05, 3.63) is 35.4 Å². The fourth-order valence-electron chi connectivity index (χ4n) is 1.83. The van der Waals surface area contributed by atoms with Crippen LogP contribution in [-0.4, -0.2) is 29.5 Å². The maximum absolute atomic E-state index is 12.4. The van der Waals surface area contributed by atoms with E-state index in [2.05, 4.69) is 5.16 Å². The van der Waals surface area contributed by atoms with Crippen molar-refractivity contribution in [3.63, 3.8) is 0 Å². The molecule has 1 aromatic rings. The van der Waals surface area contributed by atoms with E-state index >= 15 is 0 Å².